The van der Waals surface area contributed by atoms with Crippen LogP contribution in [0.5, 0.6) is 0 Å². The Morgan fingerprint density at radius 3 is 2.61 bits per heavy atom. The van der Waals surface area contributed by atoms with E-state index in [-0.39, 0.29) is 6.04 Å². The largest absolute Gasteiger partial charge is 0.306 e. The van der Waals surface area contributed by atoms with E-state index < -0.39 is 0 Å². The van der Waals surface area contributed by atoms with Crippen LogP contribution in [-0.2, 0) is 6.54 Å². The van der Waals surface area contributed by atoms with Crippen molar-refractivity contribution in [3.05, 3.63) is 76.3 Å². The van der Waals surface area contributed by atoms with Crippen LogP contribution < -0.4 is 5.32 Å². The zero-order valence-corrected chi connectivity index (χ0v) is 14.1. The Balaban J connectivity index is 1.66. The number of halogens is 2. The van der Waals surface area contributed by atoms with Crippen LogP contribution in [0.2, 0.25) is 10.0 Å². The van der Waals surface area contributed by atoms with Crippen molar-refractivity contribution in [1.82, 2.24) is 20.1 Å². The Hall–Kier alpha value is -1.88. The molecule has 0 bridgehead atoms. The fourth-order valence-corrected chi connectivity index (χ4v) is 2.71. The lowest BCUT2D eigenvalue weighted by Gasteiger charge is -2.16. The van der Waals surface area contributed by atoms with Crippen molar-refractivity contribution in [2.24, 2.45) is 0 Å². The highest BCUT2D eigenvalue weighted by Crippen LogP contribution is 2.26. The number of nitrogens with zero attached hydrogens (tertiary/aromatic N) is 3. The zero-order chi connectivity index (χ0) is 16.2. The summed E-state index contributed by atoms with van der Waals surface area (Å²) in [4.78, 5) is 3.95. The van der Waals surface area contributed by atoms with Crippen LogP contribution in [-0.4, -0.2) is 14.8 Å². The van der Waals surface area contributed by atoms with E-state index >= 15 is 0 Å². The summed E-state index contributed by atoms with van der Waals surface area (Å²) in [6, 6.07) is 14.1. The van der Waals surface area contributed by atoms with Gasteiger partial charge < -0.3 is 5.32 Å². The topological polar surface area (TPSA) is 42.7 Å². The molecule has 0 saturated heterocycles. The van der Waals surface area contributed by atoms with Crippen molar-refractivity contribution >= 4 is 23.2 Å². The van der Waals surface area contributed by atoms with Gasteiger partial charge in [0.25, 0.3) is 0 Å². The Kier molecular flexibility index (Phi) is 4.96. The summed E-state index contributed by atoms with van der Waals surface area (Å²) < 4.78 is 1.73. The van der Waals surface area contributed by atoms with Crippen LogP contribution in [0.15, 0.2) is 55.1 Å². The van der Waals surface area contributed by atoms with Crippen molar-refractivity contribution in [2.45, 2.75) is 19.5 Å². The smallest absolute Gasteiger partial charge is 0.138 e. The molecule has 1 aromatic heterocycles. The molecule has 0 amide bonds. The standard InChI is InChI=1S/C17H16Cl2N4/c1-12(21-9-14-3-2-4-16(18)17(14)19)13-5-7-15(8-6-13)23-11-20-10-22-23/h2-8,10-12,21H,9H2,1H3/t12-/m0/s1. The number of rotatable bonds is 5. The predicted molar refractivity (Wildman–Crippen MR) is 93.1 cm³/mol. The van der Waals surface area contributed by atoms with E-state index in [1.54, 1.807) is 17.1 Å². The SMILES string of the molecule is C[C@H](NCc1cccc(Cl)c1Cl)c1ccc(-n2cncn2)cc1. The number of aromatic nitrogens is 3. The Morgan fingerprint density at radius 2 is 1.91 bits per heavy atom. The molecular formula is C17H16Cl2N4. The Bertz CT molecular complexity index is 770. The third-order valence-electron chi connectivity index (χ3n) is 3.71. The molecule has 23 heavy (non-hydrogen) atoms. The molecule has 3 aromatic rings. The number of hydrogen-bond donors (Lipinski definition) is 1. The van der Waals surface area contributed by atoms with Crippen molar-refractivity contribution in [3.63, 3.8) is 0 Å². The van der Waals surface area contributed by atoms with Crippen molar-refractivity contribution in [2.75, 3.05) is 0 Å². The van der Waals surface area contributed by atoms with Crippen molar-refractivity contribution in [3.8, 4) is 5.69 Å². The fourth-order valence-electron chi connectivity index (χ4n) is 2.32. The molecule has 1 heterocycles. The minimum atomic E-state index is 0.190. The molecule has 118 valence electrons. The normalized spacial score (nSPS) is 12.3. The van der Waals surface area contributed by atoms with Gasteiger partial charge in [-0.2, -0.15) is 5.10 Å². The molecule has 4 nitrogen and oxygen atoms in total. The molecule has 0 fully saturated rings. The minimum absolute atomic E-state index is 0.190. The number of nitrogens with one attached hydrogen (secondary N) is 1. The van der Waals surface area contributed by atoms with Gasteiger partial charge >= 0.3 is 0 Å². The third-order valence-corrected chi connectivity index (χ3v) is 4.56. The highest BCUT2D eigenvalue weighted by Gasteiger charge is 2.08. The van der Waals surface area contributed by atoms with Gasteiger partial charge in [-0.3, -0.25) is 0 Å². The first kappa shape index (κ1) is 16.0. The summed E-state index contributed by atoms with van der Waals surface area (Å²) in [5, 5.41) is 8.76. The minimum Gasteiger partial charge on any atom is -0.306 e. The van der Waals surface area contributed by atoms with E-state index in [1.807, 2.05) is 24.3 Å². The number of benzene rings is 2. The van der Waals surface area contributed by atoms with Crippen LogP contribution >= 0.6 is 23.2 Å². The summed E-state index contributed by atoms with van der Waals surface area (Å²) in [5.74, 6) is 0. The molecule has 2 aromatic carbocycles. The third kappa shape index (κ3) is 3.72. The van der Waals surface area contributed by atoms with Crippen molar-refractivity contribution in [1.29, 1.82) is 0 Å². The molecule has 0 saturated carbocycles. The fraction of sp³-hybridized carbons (Fsp3) is 0.176. The maximum atomic E-state index is 6.21. The molecule has 0 unspecified atom stereocenters. The van der Waals surface area contributed by atoms with E-state index in [2.05, 4.69) is 34.5 Å². The number of hydrogen-bond acceptors (Lipinski definition) is 3. The zero-order valence-electron chi connectivity index (χ0n) is 12.6. The lowest BCUT2D eigenvalue weighted by molar-refractivity contribution is 0.574. The predicted octanol–water partition coefficient (Wildman–Crippen LogP) is 4.42. The van der Waals surface area contributed by atoms with Gasteiger partial charge in [-0.05, 0) is 36.2 Å². The monoisotopic (exact) mass is 346 g/mol. The van der Waals surface area contributed by atoms with Gasteiger partial charge in [-0.15, -0.1) is 0 Å². The van der Waals surface area contributed by atoms with E-state index in [9.17, 15) is 0 Å². The molecule has 0 aliphatic carbocycles. The summed E-state index contributed by atoms with van der Waals surface area (Å²) >= 11 is 12.3. The van der Waals surface area contributed by atoms with Gasteiger partial charge in [0, 0.05) is 12.6 Å². The van der Waals surface area contributed by atoms with Crippen LogP contribution in [0.3, 0.4) is 0 Å². The maximum Gasteiger partial charge on any atom is 0.138 e. The first-order valence-corrected chi connectivity index (χ1v) is 8.02. The summed E-state index contributed by atoms with van der Waals surface area (Å²) in [5.41, 5.74) is 3.16. The van der Waals surface area contributed by atoms with Crippen LogP contribution in [0.4, 0.5) is 0 Å². The lowest BCUT2D eigenvalue weighted by Crippen LogP contribution is -2.18. The Morgan fingerprint density at radius 1 is 1.13 bits per heavy atom. The highest BCUT2D eigenvalue weighted by atomic mass is 35.5. The van der Waals surface area contributed by atoms with Crippen LogP contribution in [0.1, 0.15) is 24.1 Å². The second-order valence-corrected chi connectivity index (χ2v) is 6.03. The van der Waals surface area contributed by atoms with E-state index in [1.165, 1.54) is 11.9 Å². The summed E-state index contributed by atoms with van der Waals surface area (Å²) in [6.45, 7) is 2.77. The van der Waals surface area contributed by atoms with Gasteiger partial charge in [0.15, 0.2) is 0 Å². The lowest BCUT2D eigenvalue weighted by atomic mass is 10.1. The first-order chi connectivity index (χ1) is 11.1. The summed E-state index contributed by atoms with van der Waals surface area (Å²) in [6.07, 6.45) is 3.20. The van der Waals surface area contributed by atoms with Crippen LogP contribution in [0.25, 0.3) is 5.69 Å². The van der Waals surface area contributed by atoms with E-state index in [0.717, 1.165) is 11.3 Å². The Labute approximate surface area is 145 Å². The first-order valence-electron chi connectivity index (χ1n) is 7.26. The molecule has 1 atom stereocenters. The van der Waals surface area contributed by atoms with Gasteiger partial charge in [0.05, 0.1) is 15.7 Å². The maximum absolute atomic E-state index is 6.21. The molecule has 0 aliphatic heterocycles. The summed E-state index contributed by atoms with van der Waals surface area (Å²) in [7, 11) is 0. The van der Waals surface area contributed by atoms with Gasteiger partial charge in [0.1, 0.15) is 12.7 Å². The van der Waals surface area contributed by atoms with Gasteiger partial charge in [-0.25, -0.2) is 9.67 Å². The van der Waals surface area contributed by atoms with E-state index in [0.29, 0.717) is 16.6 Å². The molecular weight excluding hydrogens is 331 g/mol. The highest BCUT2D eigenvalue weighted by molar-refractivity contribution is 6.42. The second kappa shape index (κ2) is 7.13. The van der Waals surface area contributed by atoms with Gasteiger partial charge in [0.2, 0.25) is 0 Å². The average molecular weight is 347 g/mol. The molecule has 1 N–H and O–H groups in total. The molecule has 6 heteroatoms. The molecule has 0 spiro atoms. The average Bonchev–Trinajstić information content (AvgIpc) is 3.10. The molecule has 0 radical (unpaired) electrons. The molecule has 0 aliphatic rings. The van der Waals surface area contributed by atoms with Crippen LogP contribution in [0, 0.1) is 0 Å². The quantitative estimate of drug-likeness (QED) is 0.743. The van der Waals surface area contributed by atoms with Gasteiger partial charge in [-0.1, -0.05) is 47.5 Å². The second-order valence-electron chi connectivity index (χ2n) is 5.25. The van der Waals surface area contributed by atoms with Crippen molar-refractivity contribution < 1.29 is 0 Å². The van der Waals surface area contributed by atoms with E-state index in [4.69, 9.17) is 23.2 Å². The molecule has 3 rings (SSSR count).